The van der Waals surface area contributed by atoms with Crippen LogP contribution in [0.25, 0.3) is 11.0 Å². The fraction of sp³-hybridized carbons (Fsp3) is 0.676. The van der Waals surface area contributed by atoms with Crippen LogP contribution in [0, 0.1) is 29.1 Å². The normalized spacial score (nSPS) is 31.6. The van der Waals surface area contributed by atoms with Crippen molar-refractivity contribution in [1.29, 1.82) is 0 Å². The van der Waals surface area contributed by atoms with Crippen LogP contribution in [0.1, 0.15) is 79.3 Å². The molecule has 3 heterocycles. The maximum atomic E-state index is 14.2. The third-order valence-corrected chi connectivity index (χ3v) is 10.2. The largest absolute Gasteiger partial charge is 0.497 e. The topological polar surface area (TPSA) is 140 Å². The van der Waals surface area contributed by atoms with Crippen molar-refractivity contribution >= 4 is 29.0 Å². The Morgan fingerprint density at radius 2 is 1.78 bits per heavy atom. The number of amides is 2. The van der Waals surface area contributed by atoms with E-state index in [2.05, 4.69) is 19.2 Å². The van der Waals surface area contributed by atoms with E-state index in [-0.39, 0.29) is 18.6 Å². The SMILES string of the molecule is COc1ccc2nc3c(nc2c1)O[C@H]1CN(C(=O)[C@H](C(C)(C)C)NC(=O)O[C@@H]2C[C@H](C)[C@H](C)[C@H]2CCCCC3)[C@H](C(=O)O)[C@@H]1C. The van der Waals surface area contributed by atoms with E-state index in [0.29, 0.717) is 41.1 Å². The van der Waals surface area contributed by atoms with E-state index < -0.39 is 47.5 Å². The van der Waals surface area contributed by atoms with Crippen LogP contribution in [0.4, 0.5) is 4.79 Å². The lowest BCUT2D eigenvalue weighted by Gasteiger charge is -2.35. The van der Waals surface area contributed by atoms with Gasteiger partial charge in [-0.05, 0) is 61.0 Å². The number of alkyl carbamates (subject to hydrolysis) is 1. The van der Waals surface area contributed by atoms with Gasteiger partial charge in [0, 0.05) is 12.0 Å². The molecule has 1 saturated carbocycles. The average molecular weight is 625 g/mol. The highest BCUT2D eigenvalue weighted by atomic mass is 16.6. The number of carbonyl (C=O) groups is 3. The number of hydrogen-bond acceptors (Lipinski definition) is 8. The van der Waals surface area contributed by atoms with Crippen molar-refractivity contribution in [2.45, 2.75) is 104 Å². The molecule has 1 saturated heterocycles. The van der Waals surface area contributed by atoms with Crippen LogP contribution in [0.2, 0.25) is 0 Å². The minimum atomic E-state index is -1.15. The summed E-state index contributed by atoms with van der Waals surface area (Å²) in [5, 5.41) is 13.1. The van der Waals surface area contributed by atoms with E-state index >= 15 is 0 Å². The molecule has 2 bridgehead atoms. The van der Waals surface area contributed by atoms with E-state index in [9.17, 15) is 19.5 Å². The molecule has 1 aliphatic carbocycles. The lowest BCUT2D eigenvalue weighted by Crippen LogP contribution is -2.57. The molecule has 2 N–H and O–H groups in total. The number of hydrogen-bond donors (Lipinski definition) is 2. The summed E-state index contributed by atoms with van der Waals surface area (Å²) in [4.78, 5) is 51.2. The van der Waals surface area contributed by atoms with Gasteiger partial charge in [-0.25, -0.2) is 19.6 Å². The Hall–Kier alpha value is -3.63. The van der Waals surface area contributed by atoms with Gasteiger partial charge in [0.05, 0.1) is 24.7 Å². The molecule has 246 valence electrons. The number of fused-ring (bicyclic) bond motifs is 5. The number of carboxylic acids is 1. The summed E-state index contributed by atoms with van der Waals surface area (Å²) < 4.78 is 17.9. The summed E-state index contributed by atoms with van der Waals surface area (Å²) in [6.45, 7) is 11.8. The van der Waals surface area contributed by atoms with Crippen LogP contribution in [-0.2, 0) is 20.7 Å². The first-order chi connectivity index (χ1) is 21.3. The van der Waals surface area contributed by atoms with Crippen molar-refractivity contribution in [1.82, 2.24) is 20.2 Å². The van der Waals surface area contributed by atoms with Crippen molar-refractivity contribution in [3.05, 3.63) is 23.9 Å². The summed E-state index contributed by atoms with van der Waals surface area (Å²) in [5.74, 6) is -0.150. The third-order valence-electron chi connectivity index (χ3n) is 10.2. The molecule has 11 nitrogen and oxygen atoms in total. The summed E-state index contributed by atoms with van der Waals surface area (Å²) >= 11 is 0. The number of carbonyl (C=O) groups excluding carboxylic acids is 2. The number of nitrogens with zero attached hydrogens (tertiary/aromatic N) is 3. The number of aryl methyl sites for hydroxylation is 1. The van der Waals surface area contributed by atoms with Gasteiger partial charge in [-0.3, -0.25) is 4.79 Å². The van der Waals surface area contributed by atoms with Crippen LogP contribution in [-0.4, -0.2) is 75.9 Å². The summed E-state index contributed by atoms with van der Waals surface area (Å²) in [6.07, 6.45) is 3.63. The van der Waals surface area contributed by atoms with Crippen molar-refractivity contribution in [2.24, 2.45) is 29.1 Å². The van der Waals surface area contributed by atoms with Gasteiger partial charge in [-0.15, -0.1) is 0 Å². The fourth-order valence-corrected chi connectivity index (χ4v) is 7.33. The quantitative estimate of drug-likeness (QED) is 0.459. The first kappa shape index (κ1) is 32.8. The van der Waals surface area contributed by atoms with E-state index in [1.807, 2.05) is 32.9 Å². The molecule has 1 aromatic heterocycles. The molecule has 2 aliphatic heterocycles. The van der Waals surface area contributed by atoms with Gasteiger partial charge < -0.3 is 29.5 Å². The van der Waals surface area contributed by atoms with E-state index in [1.165, 1.54) is 4.90 Å². The second-order valence-corrected chi connectivity index (χ2v) is 14.3. The van der Waals surface area contributed by atoms with E-state index in [0.717, 1.165) is 37.6 Å². The number of benzene rings is 1. The van der Waals surface area contributed by atoms with Crippen LogP contribution in [0.3, 0.4) is 0 Å². The Labute approximate surface area is 265 Å². The summed E-state index contributed by atoms with van der Waals surface area (Å²) in [7, 11) is 1.59. The molecule has 11 heteroatoms. The van der Waals surface area contributed by atoms with Crippen molar-refractivity contribution in [3.63, 3.8) is 0 Å². The van der Waals surface area contributed by atoms with Gasteiger partial charge in [0.2, 0.25) is 11.8 Å². The minimum absolute atomic E-state index is 0.0251. The Morgan fingerprint density at radius 3 is 2.47 bits per heavy atom. The minimum Gasteiger partial charge on any atom is -0.497 e. The Morgan fingerprint density at radius 1 is 1.02 bits per heavy atom. The first-order valence-electron chi connectivity index (χ1n) is 16.3. The number of aromatic nitrogens is 2. The van der Waals surface area contributed by atoms with Gasteiger partial charge in [0.15, 0.2) is 0 Å². The standard InChI is InChI=1S/C34H48N4O7/c1-18-15-26-22(19(18)2)11-9-8-10-12-24-30(36-25-16-21(43-7)13-14-23(25)35-24)44-27-17-38(28(20(27)3)32(40)41)31(39)29(34(4,5)6)37-33(42)45-26/h13-14,16,18-20,22,26-29H,8-12,15,17H2,1-7H3,(H,37,42)(H,40,41)/t18-,19-,20+,22+,26+,27-,28-,29+/m0/s1. The number of nitrogens with one attached hydrogen (secondary N) is 1. The van der Waals surface area contributed by atoms with Crippen molar-refractivity contribution < 1.29 is 33.7 Å². The Kier molecular flexibility index (Phi) is 9.46. The fourth-order valence-electron chi connectivity index (χ4n) is 7.33. The molecule has 0 radical (unpaired) electrons. The van der Waals surface area contributed by atoms with Gasteiger partial charge in [0.1, 0.15) is 35.7 Å². The zero-order valence-electron chi connectivity index (χ0n) is 27.5. The molecule has 2 amide bonds. The maximum absolute atomic E-state index is 14.2. The van der Waals surface area contributed by atoms with Gasteiger partial charge in [0.25, 0.3) is 0 Å². The monoisotopic (exact) mass is 624 g/mol. The highest BCUT2D eigenvalue weighted by Gasteiger charge is 2.51. The molecule has 2 aromatic rings. The smallest absolute Gasteiger partial charge is 0.408 e. The second kappa shape index (κ2) is 13.0. The molecule has 2 fully saturated rings. The molecule has 1 aromatic carbocycles. The van der Waals surface area contributed by atoms with Gasteiger partial charge >= 0.3 is 12.1 Å². The van der Waals surface area contributed by atoms with Crippen molar-refractivity contribution in [2.75, 3.05) is 13.7 Å². The van der Waals surface area contributed by atoms with Gasteiger partial charge in [-0.1, -0.05) is 54.4 Å². The summed E-state index contributed by atoms with van der Waals surface area (Å²) in [5.41, 5.74) is 1.32. The molecular formula is C34H48N4O7. The van der Waals surface area contributed by atoms with Gasteiger partial charge in [-0.2, -0.15) is 0 Å². The third kappa shape index (κ3) is 6.82. The zero-order valence-corrected chi connectivity index (χ0v) is 27.5. The van der Waals surface area contributed by atoms with Crippen LogP contribution < -0.4 is 14.8 Å². The Balaban J connectivity index is 1.53. The molecule has 5 rings (SSSR count). The molecule has 0 spiro atoms. The second-order valence-electron chi connectivity index (χ2n) is 14.3. The predicted octanol–water partition coefficient (Wildman–Crippen LogP) is 5.24. The first-order valence-corrected chi connectivity index (χ1v) is 16.3. The Bertz CT molecular complexity index is 1430. The van der Waals surface area contributed by atoms with Crippen LogP contribution in [0.15, 0.2) is 18.2 Å². The molecule has 45 heavy (non-hydrogen) atoms. The molecule has 3 aliphatic rings. The van der Waals surface area contributed by atoms with Crippen LogP contribution >= 0.6 is 0 Å². The predicted molar refractivity (Wildman–Crippen MR) is 168 cm³/mol. The average Bonchev–Trinajstić information content (AvgIpc) is 3.44. The number of carboxylic acid groups (broad SMARTS) is 1. The lowest BCUT2D eigenvalue weighted by molar-refractivity contribution is -0.151. The van der Waals surface area contributed by atoms with E-state index in [4.69, 9.17) is 24.2 Å². The number of aliphatic carboxylic acids is 1. The molecule has 0 unspecified atom stereocenters. The van der Waals surface area contributed by atoms with E-state index in [1.54, 1.807) is 20.1 Å². The zero-order chi connectivity index (χ0) is 32.6. The van der Waals surface area contributed by atoms with Crippen LogP contribution in [0.5, 0.6) is 11.6 Å². The number of methoxy groups -OCH3 is 1. The molecular weight excluding hydrogens is 576 g/mol. The maximum Gasteiger partial charge on any atom is 0.408 e. The van der Waals surface area contributed by atoms with Crippen molar-refractivity contribution in [3.8, 4) is 11.6 Å². The molecule has 8 atom stereocenters. The lowest BCUT2D eigenvalue weighted by atomic mass is 9.85. The number of ether oxygens (including phenoxy) is 3. The summed E-state index contributed by atoms with van der Waals surface area (Å²) in [6, 6.07) is 3.36. The highest BCUT2D eigenvalue weighted by molar-refractivity contribution is 5.90. The highest BCUT2D eigenvalue weighted by Crippen LogP contribution is 2.42. The number of rotatable bonds is 2.